The second-order valence-electron chi connectivity index (χ2n) is 8.43. The summed E-state index contributed by atoms with van der Waals surface area (Å²) in [6, 6.07) is -2.33. The van der Waals surface area contributed by atoms with Gasteiger partial charge in [-0.05, 0) is 0 Å². The number of aliphatic hydroxyl groups is 2. The van der Waals surface area contributed by atoms with Crippen LogP contribution in [0.5, 0.6) is 0 Å². The number of ether oxygens (including phenoxy) is 1. The lowest BCUT2D eigenvalue weighted by molar-refractivity contribution is -0.438. The average Bonchev–Trinajstić information content (AvgIpc) is 3.42. The summed E-state index contributed by atoms with van der Waals surface area (Å²) >= 11 is 1.08. The van der Waals surface area contributed by atoms with Gasteiger partial charge in [0, 0.05) is 24.3 Å². The Morgan fingerprint density at radius 3 is 2.63 bits per heavy atom. The molecule has 1 aliphatic rings. The number of amides is 2. The smallest absolute Gasteiger partial charge is 0.243 e. The normalized spacial score (nSPS) is 22.6. The number of fused-ring (bicyclic) bond motifs is 1. The molecular formula is C20H27N8O9S-. The number of nitrogens with two attached hydrogens (primary N) is 1. The van der Waals surface area contributed by atoms with Crippen LogP contribution in [0.3, 0.4) is 0 Å². The van der Waals surface area contributed by atoms with E-state index < -0.39 is 66.9 Å². The molecule has 2 amide bonds. The largest absolute Gasteiger partial charge is 0.548 e. The van der Waals surface area contributed by atoms with Crippen molar-refractivity contribution in [1.29, 1.82) is 0 Å². The van der Waals surface area contributed by atoms with E-state index >= 15 is 0 Å². The van der Waals surface area contributed by atoms with Crippen LogP contribution in [0.25, 0.3) is 11.2 Å². The Kier molecular flexibility index (Phi) is 9.75. The first-order chi connectivity index (χ1) is 18.0. The van der Waals surface area contributed by atoms with Crippen LogP contribution in [0.15, 0.2) is 12.7 Å². The van der Waals surface area contributed by atoms with Crippen molar-refractivity contribution >= 4 is 52.5 Å². The summed E-state index contributed by atoms with van der Waals surface area (Å²) in [5.74, 6) is -4.29. The number of nitrogens with zero attached hydrogens (tertiary/aromatic N) is 4. The summed E-state index contributed by atoms with van der Waals surface area (Å²) in [4.78, 5) is 58.2. The fraction of sp³-hybridized carbons (Fsp3) is 0.550. The quantitative estimate of drug-likeness (QED) is 0.134. The number of quaternary nitrogens is 1. The highest BCUT2D eigenvalue weighted by atomic mass is 32.2. The number of hydrogen-bond donors (Lipinski definition) is 6. The van der Waals surface area contributed by atoms with Crippen molar-refractivity contribution < 1.29 is 50.1 Å². The maximum absolute atomic E-state index is 12.4. The molecule has 1 saturated heterocycles. The van der Waals surface area contributed by atoms with Crippen molar-refractivity contribution in [3.63, 3.8) is 0 Å². The molecule has 2 aromatic rings. The van der Waals surface area contributed by atoms with E-state index in [0.717, 1.165) is 11.8 Å². The first kappa shape index (κ1) is 29.0. The summed E-state index contributed by atoms with van der Waals surface area (Å²) in [5.41, 5.74) is 9.71. The molecule has 1 aliphatic heterocycles. The number of carbonyl (C=O) groups is 4. The lowest BCUT2D eigenvalue weighted by Gasteiger charge is -2.20. The van der Waals surface area contributed by atoms with Crippen LogP contribution in [0.4, 0.5) is 5.82 Å². The Labute approximate surface area is 218 Å². The van der Waals surface area contributed by atoms with Crippen LogP contribution in [0, 0.1) is 0 Å². The van der Waals surface area contributed by atoms with E-state index in [1.807, 2.05) is 0 Å². The number of aliphatic hydroxyl groups excluding tert-OH is 2. The molecule has 208 valence electrons. The van der Waals surface area contributed by atoms with Crippen LogP contribution in [0.2, 0.25) is 0 Å². The predicted octanol–water partition coefficient (Wildman–Crippen LogP) is -6.75. The molecule has 6 atom stereocenters. The van der Waals surface area contributed by atoms with Gasteiger partial charge in [-0.3, -0.25) is 14.2 Å². The molecule has 38 heavy (non-hydrogen) atoms. The Balaban J connectivity index is 1.60. The highest BCUT2D eigenvalue weighted by Gasteiger charge is 2.44. The van der Waals surface area contributed by atoms with Gasteiger partial charge in [0.15, 0.2) is 17.7 Å². The predicted molar refractivity (Wildman–Crippen MR) is 124 cm³/mol. The number of aromatic nitrogens is 4. The Morgan fingerprint density at radius 1 is 1.21 bits per heavy atom. The molecule has 3 rings (SSSR count). The van der Waals surface area contributed by atoms with Gasteiger partial charge in [-0.1, -0.05) is 0 Å². The van der Waals surface area contributed by atoms with Gasteiger partial charge < -0.3 is 56.9 Å². The first-order valence-electron chi connectivity index (χ1n) is 11.3. The van der Waals surface area contributed by atoms with Crippen molar-refractivity contribution in [2.24, 2.45) is 0 Å². The zero-order chi connectivity index (χ0) is 28.0. The van der Waals surface area contributed by atoms with Gasteiger partial charge >= 0.3 is 0 Å². The summed E-state index contributed by atoms with van der Waals surface area (Å²) < 4.78 is 7.23. The molecule has 18 heteroatoms. The van der Waals surface area contributed by atoms with Gasteiger partial charge in [0.25, 0.3) is 0 Å². The summed E-state index contributed by atoms with van der Waals surface area (Å²) in [6.07, 6.45) is -2.44. The number of nitrogens with one attached hydrogen (secondary N) is 2. The summed E-state index contributed by atoms with van der Waals surface area (Å²) in [6.45, 7) is -0.785. The maximum Gasteiger partial charge on any atom is 0.243 e. The van der Waals surface area contributed by atoms with E-state index in [9.17, 15) is 39.6 Å². The number of carboxylic acid groups (broad SMARTS) is 2. The van der Waals surface area contributed by atoms with E-state index in [2.05, 4.69) is 31.3 Å². The number of aliphatic carboxylic acids is 2. The van der Waals surface area contributed by atoms with Gasteiger partial charge in [0.05, 0.1) is 30.9 Å². The fourth-order valence-corrected chi connectivity index (χ4v) is 4.72. The van der Waals surface area contributed by atoms with Crippen molar-refractivity contribution in [2.75, 3.05) is 23.8 Å². The molecule has 2 aromatic heterocycles. The number of nitrogen functional groups attached to an aromatic ring is 1. The Hall–Kier alpha value is -3.58. The van der Waals surface area contributed by atoms with E-state index in [4.69, 9.17) is 10.5 Å². The van der Waals surface area contributed by atoms with Crippen molar-refractivity contribution in [1.82, 2.24) is 30.2 Å². The SMILES string of the molecule is Nc1ncnc2c1ncn2[C@@H]1O[C@H](CSC[C@H](NC(=O)CC[C@H]([NH3+])C(=O)[O-])C(=O)NCC(=O)[O-])[C@@H](O)[C@H]1O. The zero-order valence-electron chi connectivity index (χ0n) is 19.9. The fourth-order valence-electron chi connectivity index (χ4n) is 3.61. The molecule has 17 nitrogen and oxygen atoms in total. The lowest BCUT2D eigenvalue weighted by atomic mass is 10.1. The van der Waals surface area contributed by atoms with Crippen LogP contribution in [-0.4, -0.2) is 102 Å². The van der Waals surface area contributed by atoms with Crippen LogP contribution in [-0.2, 0) is 23.9 Å². The molecule has 0 unspecified atom stereocenters. The highest BCUT2D eigenvalue weighted by molar-refractivity contribution is 7.99. The minimum absolute atomic E-state index is 0.0655. The number of hydrogen-bond acceptors (Lipinski definition) is 14. The van der Waals surface area contributed by atoms with Gasteiger partial charge in [-0.15, -0.1) is 0 Å². The number of rotatable bonds is 13. The Morgan fingerprint density at radius 2 is 1.95 bits per heavy atom. The summed E-state index contributed by atoms with van der Waals surface area (Å²) in [5, 5.41) is 47.1. The van der Waals surface area contributed by atoms with Gasteiger partial charge in [-0.2, -0.15) is 11.8 Å². The zero-order valence-corrected chi connectivity index (χ0v) is 20.7. The minimum atomic E-state index is -1.54. The van der Waals surface area contributed by atoms with Gasteiger partial charge in [0.1, 0.15) is 36.1 Å². The Bertz CT molecular complexity index is 1180. The van der Waals surface area contributed by atoms with Crippen LogP contribution >= 0.6 is 11.8 Å². The number of anilines is 1. The van der Waals surface area contributed by atoms with E-state index in [1.54, 1.807) is 0 Å². The minimum Gasteiger partial charge on any atom is -0.548 e. The second-order valence-corrected chi connectivity index (χ2v) is 9.51. The van der Waals surface area contributed by atoms with E-state index in [1.165, 1.54) is 17.2 Å². The van der Waals surface area contributed by atoms with Crippen molar-refractivity contribution in [2.45, 2.75) is 49.5 Å². The molecule has 0 aliphatic carbocycles. The van der Waals surface area contributed by atoms with Gasteiger partial charge in [0.2, 0.25) is 11.8 Å². The first-order valence-corrected chi connectivity index (χ1v) is 12.5. The van der Waals surface area contributed by atoms with Crippen LogP contribution < -0.4 is 32.3 Å². The van der Waals surface area contributed by atoms with Crippen LogP contribution in [0.1, 0.15) is 19.1 Å². The average molecular weight is 556 g/mol. The van der Waals surface area contributed by atoms with Gasteiger partial charge in [-0.25, -0.2) is 15.0 Å². The van der Waals surface area contributed by atoms with E-state index in [-0.39, 0.29) is 35.8 Å². The topological polar surface area (TPSA) is 285 Å². The number of carboxylic acids is 2. The third kappa shape index (κ3) is 7.04. The highest BCUT2D eigenvalue weighted by Crippen LogP contribution is 2.33. The molecule has 0 spiro atoms. The third-order valence-electron chi connectivity index (χ3n) is 5.68. The number of imidazole rings is 1. The van der Waals surface area contributed by atoms with Crippen molar-refractivity contribution in [3.8, 4) is 0 Å². The molecule has 1 fully saturated rings. The summed E-state index contributed by atoms with van der Waals surface area (Å²) in [7, 11) is 0. The lowest BCUT2D eigenvalue weighted by Crippen LogP contribution is -2.68. The van der Waals surface area contributed by atoms with E-state index in [0.29, 0.717) is 5.52 Å². The number of carbonyl (C=O) groups excluding carboxylic acids is 4. The molecule has 0 saturated carbocycles. The third-order valence-corrected chi connectivity index (χ3v) is 6.81. The molecular weight excluding hydrogens is 528 g/mol. The molecule has 3 heterocycles. The molecule has 0 bridgehead atoms. The maximum atomic E-state index is 12.4. The molecule has 9 N–H and O–H groups in total. The standard InChI is InChI=1S/C20H28N8O9S/c21-8(20(35)36)1-2-11(29)27-9(18(34)23-3-12(30)31)4-38-5-10-14(32)15(33)19(37-10)28-7-26-13-16(22)24-6-25-17(13)28/h6-10,14-15,19,32-33H,1-5,21H2,(H,23,34)(H,27,29)(H,30,31)(H,35,36)(H2,22,24,25)/p-1/t8-,9-,10+,14+,15+,19+/m0/s1. The molecule has 0 radical (unpaired) electrons. The monoisotopic (exact) mass is 555 g/mol. The van der Waals surface area contributed by atoms with Crippen molar-refractivity contribution in [3.05, 3.63) is 12.7 Å². The number of thioether (sulfide) groups is 1. The second kappa shape index (κ2) is 12.8. The molecule has 0 aromatic carbocycles.